The molecule has 0 N–H and O–H groups in total. The van der Waals surface area contributed by atoms with Gasteiger partial charge in [-0.3, -0.25) is 4.98 Å². The zero-order valence-electron chi connectivity index (χ0n) is 15.3. The van der Waals surface area contributed by atoms with E-state index in [1.165, 1.54) is 0 Å². The van der Waals surface area contributed by atoms with Gasteiger partial charge in [-0.25, -0.2) is 0 Å². The lowest BCUT2D eigenvalue weighted by molar-refractivity contribution is -0.148. The minimum atomic E-state index is -0.127. The molecule has 8 nitrogen and oxygen atoms in total. The average molecular weight is 366 g/mol. The first-order valence-electron chi connectivity index (χ1n) is 9.27. The molecule has 0 aromatic carbocycles. The normalized spacial score (nSPS) is 21.5. The van der Waals surface area contributed by atoms with Gasteiger partial charge >= 0.3 is 0 Å². The van der Waals surface area contributed by atoms with Crippen LogP contribution in [0.2, 0.25) is 0 Å². The average Bonchev–Trinajstić information content (AvgIpc) is 3.12. The first-order valence-corrected chi connectivity index (χ1v) is 9.27. The van der Waals surface area contributed by atoms with E-state index in [4.69, 9.17) is 9.47 Å². The second kappa shape index (κ2) is 6.54. The number of aryl methyl sites for hydroxylation is 1. The Bertz CT molecular complexity index is 952. The van der Waals surface area contributed by atoms with Crippen molar-refractivity contribution in [3.8, 4) is 0 Å². The zero-order valence-corrected chi connectivity index (χ0v) is 15.3. The summed E-state index contributed by atoms with van der Waals surface area (Å²) in [6.45, 7) is 5.06. The number of hydrogen-bond donors (Lipinski definition) is 0. The Hall–Kier alpha value is -2.58. The van der Waals surface area contributed by atoms with Crippen LogP contribution in [-0.2, 0) is 16.1 Å². The predicted molar refractivity (Wildman–Crippen MR) is 98.5 cm³/mol. The van der Waals surface area contributed by atoms with Gasteiger partial charge in [0.2, 0.25) is 0 Å². The molecule has 2 fully saturated rings. The minimum Gasteiger partial charge on any atom is -0.373 e. The van der Waals surface area contributed by atoms with Gasteiger partial charge in [-0.1, -0.05) is 6.07 Å². The number of nitrogens with zero attached hydrogens (tertiary/aromatic N) is 6. The fraction of sp³-hybridized carbons (Fsp3) is 0.474. The summed E-state index contributed by atoms with van der Waals surface area (Å²) in [5.74, 6) is 0.922. The van der Waals surface area contributed by atoms with Crippen molar-refractivity contribution in [3.63, 3.8) is 0 Å². The highest BCUT2D eigenvalue weighted by molar-refractivity contribution is 5.48. The van der Waals surface area contributed by atoms with Crippen molar-refractivity contribution in [2.75, 3.05) is 24.6 Å². The third-order valence-corrected chi connectivity index (χ3v) is 5.29. The summed E-state index contributed by atoms with van der Waals surface area (Å²) >= 11 is 0. The summed E-state index contributed by atoms with van der Waals surface area (Å²) in [5, 5.41) is 12.4. The van der Waals surface area contributed by atoms with E-state index in [1.807, 2.05) is 31.5 Å². The first-order chi connectivity index (χ1) is 13.2. The van der Waals surface area contributed by atoms with Gasteiger partial charge in [-0.05, 0) is 36.6 Å². The molecule has 0 bridgehead atoms. The Kier molecular flexibility index (Phi) is 4.02. The maximum absolute atomic E-state index is 6.17. The molecule has 27 heavy (non-hydrogen) atoms. The topological polar surface area (TPSA) is 77.7 Å². The Morgan fingerprint density at radius 1 is 1.30 bits per heavy atom. The molecule has 1 spiro atoms. The Balaban J connectivity index is 1.20. The van der Waals surface area contributed by atoms with Gasteiger partial charge in [-0.2, -0.15) is 4.52 Å². The molecule has 3 aromatic heterocycles. The number of hydrogen-bond acceptors (Lipinski definition) is 7. The summed E-state index contributed by atoms with van der Waals surface area (Å²) in [6.07, 6.45) is 7.43. The maximum Gasteiger partial charge on any atom is 0.177 e. The lowest BCUT2D eigenvalue weighted by Crippen LogP contribution is -2.66. The van der Waals surface area contributed by atoms with Gasteiger partial charge in [0, 0.05) is 25.4 Å². The van der Waals surface area contributed by atoms with E-state index < -0.39 is 0 Å². The highest BCUT2D eigenvalue weighted by Gasteiger charge is 2.48. The fourth-order valence-electron chi connectivity index (χ4n) is 3.95. The molecule has 5 rings (SSSR count). The van der Waals surface area contributed by atoms with Crippen LogP contribution in [0.1, 0.15) is 24.0 Å². The van der Waals surface area contributed by atoms with Gasteiger partial charge in [0.15, 0.2) is 5.65 Å². The molecule has 0 amide bonds. The second-order valence-corrected chi connectivity index (χ2v) is 7.51. The fourth-order valence-corrected chi connectivity index (χ4v) is 3.95. The van der Waals surface area contributed by atoms with Crippen LogP contribution >= 0.6 is 0 Å². The van der Waals surface area contributed by atoms with Crippen molar-refractivity contribution in [1.29, 1.82) is 0 Å². The monoisotopic (exact) mass is 366 g/mol. The quantitative estimate of drug-likeness (QED) is 0.696. The number of pyridine rings is 1. The molecule has 3 aromatic rings. The molecule has 0 radical (unpaired) electrons. The van der Waals surface area contributed by atoms with E-state index in [2.05, 4.69) is 31.2 Å². The molecule has 5 heterocycles. The van der Waals surface area contributed by atoms with E-state index >= 15 is 0 Å². The number of rotatable bonds is 4. The summed E-state index contributed by atoms with van der Waals surface area (Å²) in [7, 11) is 0. The molecule has 2 aliphatic rings. The number of anilines is 1. The van der Waals surface area contributed by atoms with Crippen LogP contribution in [0.4, 0.5) is 5.82 Å². The lowest BCUT2D eigenvalue weighted by Gasteiger charge is -2.53. The van der Waals surface area contributed by atoms with Crippen molar-refractivity contribution in [1.82, 2.24) is 24.8 Å². The molecule has 2 saturated heterocycles. The van der Waals surface area contributed by atoms with Crippen molar-refractivity contribution >= 4 is 11.5 Å². The SMILES string of the molecule is Cc1cncc(COC2CCOC3(C2)CN(c2ccc4nncn4n2)C3)c1. The Labute approximate surface area is 157 Å². The van der Waals surface area contributed by atoms with E-state index in [0.717, 1.165) is 55.1 Å². The van der Waals surface area contributed by atoms with Crippen molar-refractivity contribution in [2.45, 2.75) is 38.1 Å². The maximum atomic E-state index is 6.17. The number of fused-ring (bicyclic) bond motifs is 1. The molecular formula is C19H22N6O2. The van der Waals surface area contributed by atoms with Crippen LogP contribution in [0.5, 0.6) is 0 Å². The first kappa shape index (κ1) is 16.6. The summed E-state index contributed by atoms with van der Waals surface area (Å²) < 4.78 is 14.0. The van der Waals surface area contributed by atoms with E-state index in [1.54, 1.807) is 10.8 Å². The molecule has 1 atom stereocenters. The molecule has 8 heteroatoms. The van der Waals surface area contributed by atoms with Crippen molar-refractivity contribution < 1.29 is 9.47 Å². The van der Waals surface area contributed by atoms with Crippen LogP contribution < -0.4 is 4.90 Å². The highest BCUT2D eigenvalue weighted by atomic mass is 16.5. The van der Waals surface area contributed by atoms with Crippen LogP contribution in [0.25, 0.3) is 5.65 Å². The van der Waals surface area contributed by atoms with Crippen molar-refractivity contribution in [3.05, 3.63) is 48.0 Å². The van der Waals surface area contributed by atoms with Gasteiger partial charge in [0.25, 0.3) is 0 Å². The highest BCUT2D eigenvalue weighted by Crippen LogP contribution is 2.37. The standard InChI is InChI=1S/C19H22N6O2/c1-14-6-15(9-20-8-14)10-26-16-4-5-27-19(7-16)11-24(12-19)18-3-2-17-22-21-13-25(17)23-18/h2-3,6,8-9,13,16H,4-5,7,10-12H2,1H3. The van der Waals surface area contributed by atoms with Crippen LogP contribution in [-0.4, -0.2) is 56.2 Å². The summed E-state index contributed by atoms with van der Waals surface area (Å²) in [5.41, 5.74) is 2.91. The van der Waals surface area contributed by atoms with Crippen LogP contribution in [0.15, 0.2) is 36.9 Å². The molecular weight excluding hydrogens is 344 g/mol. The molecule has 0 saturated carbocycles. The minimum absolute atomic E-state index is 0.127. The van der Waals surface area contributed by atoms with Gasteiger partial charge in [-0.15, -0.1) is 15.3 Å². The number of aromatic nitrogens is 5. The molecule has 2 aliphatic heterocycles. The Morgan fingerprint density at radius 3 is 3.11 bits per heavy atom. The molecule has 0 aliphatic carbocycles. The molecule has 140 valence electrons. The van der Waals surface area contributed by atoms with Gasteiger partial charge in [0.05, 0.1) is 25.8 Å². The van der Waals surface area contributed by atoms with Crippen LogP contribution in [0.3, 0.4) is 0 Å². The third kappa shape index (κ3) is 3.26. The molecule has 1 unspecified atom stereocenters. The van der Waals surface area contributed by atoms with E-state index in [0.29, 0.717) is 6.61 Å². The largest absolute Gasteiger partial charge is 0.373 e. The predicted octanol–water partition coefficient (Wildman–Crippen LogP) is 1.78. The summed E-state index contributed by atoms with van der Waals surface area (Å²) in [6, 6.07) is 6.04. The second-order valence-electron chi connectivity index (χ2n) is 7.51. The van der Waals surface area contributed by atoms with Crippen LogP contribution in [0, 0.1) is 6.92 Å². The lowest BCUT2D eigenvalue weighted by atomic mass is 9.84. The zero-order chi connectivity index (χ0) is 18.3. The van der Waals surface area contributed by atoms with Gasteiger partial charge < -0.3 is 14.4 Å². The Morgan fingerprint density at radius 2 is 2.22 bits per heavy atom. The van der Waals surface area contributed by atoms with E-state index in [9.17, 15) is 0 Å². The third-order valence-electron chi connectivity index (χ3n) is 5.29. The summed E-state index contributed by atoms with van der Waals surface area (Å²) in [4.78, 5) is 6.46. The smallest absolute Gasteiger partial charge is 0.177 e. The van der Waals surface area contributed by atoms with Crippen molar-refractivity contribution in [2.24, 2.45) is 0 Å². The van der Waals surface area contributed by atoms with E-state index in [-0.39, 0.29) is 11.7 Å². The van der Waals surface area contributed by atoms with Gasteiger partial charge in [0.1, 0.15) is 17.7 Å². The number of ether oxygens (including phenoxy) is 2.